The van der Waals surface area contributed by atoms with Crippen molar-refractivity contribution >= 4 is 21.8 Å². The Bertz CT molecular complexity index is 245. The van der Waals surface area contributed by atoms with Crippen molar-refractivity contribution in [1.29, 1.82) is 0 Å². The molecule has 0 aliphatic carbocycles. The Morgan fingerprint density at radius 2 is 2.00 bits per heavy atom. The smallest absolute Gasteiger partial charge is 0.412 e. The molecule has 0 aromatic heterocycles. The van der Waals surface area contributed by atoms with Gasteiger partial charge in [-0.15, -0.1) is 0 Å². The van der Waals surface area contributed by atoms with Crippen LogP contribution in [0.15, 0.2) is 0 Å². The van der Waals surface area contributed by atoms with Gasteiger partial charge in [0.15, 0.2) is 0 Å². The van der Waals surface area contributed by atoms with Gasteiger partial charge in [0, 0.05) is 6.61 Å². The summed E-state index contributed by atoms with van der Waals surface area (Å²) < 4.78 is 52.8. The van der Waals surface area contributed by atoms with Crippen LogP contribution in [0.1, 0.15) is 6.92 Å². The minimum Gasteiger partial charge on any atom is -0.749 e. The molecule has 0 bridgehead atoms. The molecule has 0 N–H and O–H groups in total. The van der Waals surface area contributed by atoms with Gasteiger partial charge in [-0.25, -0.2) is 8.39 Å². The molecule has 13 heavy (non-hydrogen) atoms. The van der Waals surface area contributed by atoms with Gasteiger partial charge in [0.05, 0.1) is 13.2 Å². The fourth-order valence-corrected chi connectivity index (χ4v) is 1.40. The molecular weight excluding hydrogens is 224 g/mol. The molecule has 7 nitrogen and oxygen atoms in total. The summed E-state index contributed by atoms with van der Waals surface area (Å²) in [6, 6.07) is 0. The molecule has 0 saturated heterocycles. The van der Waals surface area contributed by atoms with Gasteiger partial charge in [0.1, 0.15) is 11.4 Å². The molecule has 80 valence electrons. The van der Waals surface area contributed by atoms with Crippen molar-refractivity contribution in [3.8, 4) is 0 Å². The Kier molecular flexibility index (Phi) is 6.37. The summed E-state index contributed by atoms with van der Waals surface area (Å²) in [5.41, 5.74) is 0. The standard InChI is InChI=1S/C4H10O7S2/c1-2-9-3-4-10-13(7,8)11-12(5)6/h2-4H2,1H3,(H,5,6)/p-1. The molecule has 1 atom stereocenters. The van der Waals surface area contributed by atoms with Crippen molar-refractivity contribution < 1.29 is 29.7 Å². The van der Waals surface area contributed by atoms with Crippen LogP contribution in [-0.2, 0) is 34.3 Å². The van der Waals surface area contributed by atoms with Crippen molar-refractivity contribution in [2.24, 2.45) is 0 Å². The second-order valence-corrected chi connectivity index (χ2v) is 3.70. The van der Waals surface area contributed by atoms with Gasteiger partial charge >= 0.3 is 10.4 Å². The molecule has 0 amide bonds. The lowest BCUT2D eigenvalue weighted by atomic mass is 10.8. The molecule has 0 aliphatic heterocycles. The van der Waals surface area contributed by atoms with Crippen LogP contribution in [0.4, 0.5) is 0 Å². The van der Waals surface area contributed by atoms with Crippen LogP contribution < -0.4 is 0 Å². The fraction of sp³-hybridized carbons (Fsp3) is 1.00. The minimum atomic E-state index is -4.45. The number of rotatable bonds is 7. The summed E-state index contributed by atoms with van der Waals surface area (Å²) in [5, 5.41) is 0. The quantitative estimate of drug-likeness (QED) is 0.414. The highest BCUT2D eigenvalue weighted by Crippen LogP contribution is 1.97. The summed E-state index contributed by atoms with van der Waals surface area (Å²) in [7, 11) is -4.45. The van der Waals surface area contributed by atoms with E-state index in [1.165, 1.54) is 0 Å². The highest BCUT2D eigenvalue weighted by Gasteiger charge is 2.11. The van der Waals surface area contributed by atoms with E-state index >= 15 is 0 Å². The molecule has 0 saturated carbocycles. The normalized spacial score (nSPS) is 14.3. The van der Waals surface area contributed by atoms with Crippen LogP contribution in [-0.4, -0.2) is 37.0 Å². The summed E-state index contributed by atoms with van der Waals surface area (Å²) in [6.45, 7) is 1.90. The highest BCUT2D eigenvalue weighted by molar-refractivity contribution is 7.92. The summed E-state index contributed by atoms with van der Waals surface area (Å²) in [6.07, 6.45) is 0. The Labute approximate surface area is 78.8 Å². The van der Waals surface area contributed by atoms with Crippen molar-refractivity contribution in [2.75, 3.05) is 19.8 Å². The summed E-state index contributed by atoms with van der Waals surface area (Å²) in [4.78, 5) is 0. The van der Waals surface area contributed by atoms with E-state index in [1.807, 2.05) is 0 Å². The molecule has 0 aliphatic rings. The van der Waals surface area contributed by atoms with E-state index in [2.05, 4.69) is 7.81 Å². The topological polar surface area (TPSA) is 102 Å². The molecule has 0 spiro atoms. The average molecular weight is 233 g/mol. The Balaban J connectivity index is 3.71. The van der Waals surface area contributed by atoms with E-state index in [-0.39, 0.29) is 13.2 Å². The van der Waals surface area contributed by atoms with Gasteiger partial charge in [-0.3, -0.25) is 0 Å². The first kappa shape index (κ1) is 12.9. The Morgan fingerprint density at radius 1 is 1.38 bits per heavy atom. The van der Waals surface area contributed by atoms with E-state index in [1.54, 1.807) is 6.92 Å². The van der Waals surface area contributed by atoms with Gasteiger partial charge in [0.25, 0.3) is 0 Å². The van der Waals surface area contributed by atoms with E-state index < -0.39 is 21.8 Å². The van der Waals surface area contributed by atoms with E-state index in [0.29, 0.717) is 6.61 Å². The number of hydrogen-bond acceptors (Lipinski definition) is 7. The third-order valence-corrected chi connectivity index (χ3v) is 2.36. The lowest BCUT2D eigenvalue weighted by molar-refractivity contribution is 0.108. The highest BCUT2D eigenvalue weighted by atomic mass is 32.3. The zero-order valence-electron chi connectivity index (χ0n) is 6.80. The second-order valence-electron chi connectivity index (χ2n) is 1.70. The van der Waals surface area contributed by atoms with Crippen molar-refractivity contribution in [3.63, 3.8) is 0 Å². The zero-order valence-corrected chi connectivity index (χ0v) is 8.43. The third kappa shape index (κ3) is 8.28. The van der Waals surface area contributed by atoms with Crippen LogP contribution in [0.2, 0.25) is 0 Å². The average Bonchev–Trinajstić information content (AvgIpc) is 1.95. The summed E-state index contributed by atoms with van der Waals surface area (Å²) >= 11 is -3.15. The molecule has 0 aromatic carbocycles. The number of hydrogen-bond donors (Lipinski definition) is 0. The lowest BCUT2D eigenvalue weighted by Crippen LogP contribution is -2.15. The molecule has 0 fully saturated rings. The SMILES string of the molecule is CCOCCOS(=O)(=O)OS(=O)[O-]. The largest absolute Gasteiger partial charge is 0.749 e. The maximum atomic E-state index is 10.5. The Hall–Kier alpha value is -0.0600. The van der Waals surface area contributed by atoms with Crippen LogP contribution in [0.25, 0.3) is 0 Å². The molecule has 1 unspecified atom stereocenters. The van der Waals surface area contributed by atoms with Crippen LogP contribution in [0, 0.1) is 0 Å². The molecule has 0 heterocycles. The molecule has 0 radical (unpaired) electrons. The van der Waals surface area contributed by atoms with Gasteiger partial charge in [-0.2, -0.15) is 12.0 Å². The number of ether oxygens (including phenoxy) is 1. The van der Waals surface area contributed by atoms with Crippen LogP contribution in [0.5, 0.6) is 0 Å². The van der Waals surface area contributed by atoms with Crippen molar-refractivity contribution in [1.82, 2.24) is 0 Å². The van der Waals surface area contributed by atoms with Gasteiger partial charge < -0.3 is 9.29 Å². The fourth-order valence-electron chi connectivity index (χ4n) is 0.427. The molecule has 9 heteroatoms. The molecular formula is C4H9O7S2-. The predicted molar refractivity (Wildman–Crippen MR) is 41.4 cm³/mol. The first-order chi connectivity index (χ1) is 5.98. The maximum absolute atomic E-state index is 10.5. The predicted octanol–water partition coefficient (Wildman–Crippen LogP) is -0.905. The first-order valence-corrected chi connectivity index (χ1v) is 5.57. The Morgan fingerprint density at radius 3 is 2.46 bits per heavy atom. The van der Waals surface area contributed by atoms with Crippen molar-refractivity contribution in [2.45, 2.75) is 6.92 Å². The van der Waals surface area contributed by atoms with Gasteiger partial charge in [0.2, 0.25) is 0 Å². The van der Waals surface area contributed by atoms with Gasteiger partial charge in [-0.05, 0) is 6.92 Å². The molecule has 0 aromatic rings. The van der Waals surface area contributed by atoms with E-state index in [9.17, 15) is 17.2 Å². The van der Waals surface area contributed by atoms with E-state index in [0.717, 1.165) is 0 Å². The lowest BCUT2D eigenvalue weighted by Gasteiger charge is -2.06. The monoisotopic (exact) mass is 233 g/mol. The first-order valence-electron chi connectivity index (χ1n) is 3.24. The van der Waals surface area contributed by atoms with Crippen LogP contribution >= 0.6 is 0 Å². The van der Waals surface area contributed by atoms with E-state index in [4.69, 9.17) is 4.74 Å². The van der Waals surface area contributed by atoms with Crippen molar-refractivity contribution in [3.05, 3.63) is 0 Å². The van der Waals surface area contributed by atoms with Gasteiger partial charge in [-0.1, -0.05) is 0 Å². The third-order valence-electron chi connectivity index (χ3n) is 0.798. The second kappa shape index (κ2) is 6.40. The summed E-state index contributed by atoms with van der Waals surface area (Å²) in [5.74, 6) is 0. The maximum Gasteiger partial charge on any atom is 0.412 e. The molecule has 0 rings (SSSR count). The minimum absolute atomic E-state index is 0.0462. The zero-order chi connectivity index (χ0) is 10.3. The van der Waals surface area contributed by atoms with Crippen LogP contribution in [0.3, 0.4) is 0 Å².